The van der Waals surface area contributed by atoms with Crippen molar-refractivity contribution in [1.82, 2.24) is 4.57 Å². The Morgan fingerprint density at radius 2 is 1.77 bits per heavy atom. The Hall–Kier alpha value is -4.00. The largest absolute Gasteiger partial charge is 0.497 e. The predicted molar refractivity (Wildman–Crippen MR) is 114 cm³/mol. The molecule has 0 spiro atoms. The van der Waals surface area contributed by atoms with E-state index in [4.69, 9.17) is 13.9 Å². The molecular formula is C23H20N2O5. The van der Waals surface area contributed by atoms with Gasteiger partial charge in [-0.2, -0.15) is 0 Å². The van der Waals surface area contributed by atoms with Crippen molar-refractivity contribution in [2.45, 2.75) is 6.54 Å². The third-order valence-corrected chi connectivity index (χ3v) is 4.76. The number of benzene rings is 3. The number of ether oxygens (including phenoxy) is 2. The van der Waals surface area contributed by atoms with Crippen molar-refractivity contribution in [2.75, 3.05) is 19.5 Å². The minimum absolute atomic E-state index is 0.153. The van der Waals surface area contributed by atoms with Gasteiger partial charge in [0.2, 0.25) is 5.91 Å². The SMILES string of the molecule is COc1ccc(-c2cc(NC(=O)Cn3c(=O)oc4ccccc43)ccc2OC)cc1. The Bertz CT molecular complexity index is 1250. The van der Waals surface area contributed by atoms with Crippen molar-refractivity contribution >= 4 is 22.7 Å². The lowest BCUT2D eigenvalue weighted by atomic mass is 10.0. The molecule has 0 bridgehead atoms. The molecule has 1 aromatic heterocycles. The maximum atomic E-state index is 12.6. The van der Waals surface area contributed by atoms with Gasteiger partial charge in [0.1, 0.15) is 18.0 Å². The molecule has 7 nitrogen and oxygen atoms in total. The molecule has 0 fully saturated rings. The summed E-state index contributed by atoms with van der Waals surface area (Å²) in [5.74, 6) is 0.518. The second kappa shape index (κ2) is 8.16. The van der Waals surface area contributed by atoms with Crippen LogP contribution >= 0.6 is 0 Å². The van der Waals surface area contributed by atoms with E-state index in [-0.39, 0.29) is 12.5 Å². The Morgan fingerprint density at radius 3 is 2.50 bits per heavy atom. The highest BCUT2D eigenvalue weighted by molar-refractivity contribution is 5.92. The molecule has 4 rings (SSSR count). The number of amides is 1. The van der Waals surface area contributed by atoms with Gasteiger partial charge in [-0.05, 0) is 48.0 Å². The minimum Gasteiger partial charge on any atom is -0.497 e. The quantitative estimate of drug-likeness (QED) is 0.527. The van der Waals surface area contributed by atoms with E-state index in [2.05, 4.69) is 5.32 Å². The van der Waals surface area contributed by atoms with Gasteiger partial charge in [0.05, 0.1) is 19.7 Å². The number of para-hydroxylation sites is 2. The van der Waals surface area contributed by atoms with Crippen LogP contribution in [0.5, 0.6) is 11.5 Å². The van der Waals surface area contributed by atoms with E-state index in [1.54, 1.807) is 50.6 Å². The summed E-state index contributed by atoms with van der Waals surface area (Å²) < 4.78 is 17.1. The van der Waals surface area contributed by atoms with E-state index in [9.17, 15) is 9.59 Å². The predicted octanol–water partition coefficient (Wildman–Crippen LogP) is 3.92. The molecular weight excluding hydrogens is 384 g/mol. The number of hydrogen-bond acceptors (Lipinski definition) is 5. The fourth-order valence-electron chi connectivity index (χ4n) is 3.29. The minimum atomic E-state index is -0.569. The number of anilines is 1. The molecule has 30 heavy (non-hydrogen) atoms. The molecule has 0 saturated heterocycles. The number of fused-ring (bicyclic) bond motifs is 1. The van der Waals surface area contributed by atoms with Gasteiger partial charge in [0, 0.05) is 11.3 Å². The van der Waals surface area contributed by atoms with E-state index in [1.165, 1.54) is 4.57 Å². The van der Waals surface area contributed by atoms with E-state index >= 15 is 0 Å². The van der Waals surface area contributed by atoms with Gasteiger partial charge in [-0.1, -0.05) is 24.3 Å². The molecule has 152 valence electrons. The zero-order chi connectivity index (χ0) is 21.1. The summed E-state index contributed by atoms with van der Waals surface area (Å²) in [7, 11) is 3.21. The molecule has 0 saturated carbocycles. The smallest absolute Gasteiger partial charge is 0.420 e. The lowest BCUT2D eigenvalue weighted by Gasteiger charge is -2.12. The van der Waals surface area contributed by atoms with Crippen molar-refractivity contribution < 1.29 is 18.7 Å². The van der Waals surface area contributed by atoms with Crippen LogP contribution in [0.15, 0.2) is 75.9 Å². The first-order chi connectivity index (χ1) is 14.6. The van der Waals surface area contributed by atoms with Crippen molar-refractivity contribution in [3.63, 3.8) is 0 Å². The molecule has 0 aliphatic carbocycles. The summed E-state index contributed by atoms with van der Waals surface area (Å²) in [6.45, 7) is -0.153. The summed E-state index contributed by atoms with van der Waals surface area (Å²) in [5, 5.41) is 2.84. The van der Waals surface area contributed by atoms with Crippen LogP contribution in [0.2, 0.25) is 0 Å². The first-order valence-corrected chi connectivity index (χ1v) is 9.29. The lowest BCUT2D eigenvalue weighted by molar-refractivity contribution is -0.116. The normalized spacial score (nSPS) is 10.7. The Balaban J connectivity index is 1.59. The summed E-state index contributed by atoms with van der Waals surface area (Å²) in [4.78, 5) is 24.7. The van der Waals surface area contributed by atoms with Gasteiger partial charge in [0.25, 0.3) is 0 Å². The zero-order valence-corrected chi connectivity index (χ0v) is 16.5. The molecule has 7 heteroatoms. The number of carbonyl (C=O) groups is 1. The third kappa shape index (κ3) is 3.77. The molecule has 3 aromatic carbocycles. The van der Waals surface area contributed by atoms with Crippen LogP contribution in [-0.2, 0) is 11.3 Å². The molecule has 1 heterocycles. The highest BCUT2D eigenvalue weighted by Gasteiger charge is 2.14. The standard InChI is InChI=1S/C23H20N2O5/c1-28-17-10-7-15(8-11-17)18-13-16(9-12-20(18)29-2)24-22(26)14-25-19-5-3-4-6-21(19)30-23(25)27/h3-13H,14H2,1-2H3,(H,24,26). The summed E-state index contributed by atoms with van der Waals surface area (Å²) in [5.41, 5.74) is 3.35. The Kier molecular flexibility index (Phi) is 5.26. The van der Waals surface area contributed by atoms with Crippen LogP contribution in [0.4, 0.5) is 5.69 Å². The number of carbonyl (C=O) groups excluding carboxylic acids is 1. The molecule has 1 N–H and O–H groups in total. The van der Waals surface area contributed by atoms with Crippen LogP contribution < -0.4 is 20.5 Å². The van der Waals surface area contributed by atoms with Crippen LogP contribution in [0.3, 0.4) is 0 Å². The van der Waals surface area contributed by atoms with Gasteiger partial charge in [-0.25, -0.2) is 4.79 Å². The lowest BCUT2D eigenvalue weighted by Crippen LogP contribution is -2.24. The molecule has 0 radical (unpaired) electrons. The van der Waals surface area contributed by atoms with Gasteiger partial charge < -0.3 is 19.2 Å². The zero-order valence-electron chi connectivity index (χ0n) is 16.5. The molecule has 4 aromatic rings. The van der Waals surface area contributed by atoms with E-state index in [1.807, 2.05) is 30.3 Å². The van der Waals surface area contributed by atoms with Crippen LogP contribution in [0.25, 0.3) is 22.2 Å². The fraction of sp³-hybridized carbons (Fsp3) is 0.130. The van der Waals surface area contributed by atoms with Gasteiger partial charge in [-0.3, -0.25) is 9.36 Å². The van der Waals surface area contributed by atoms with E-state index in [0.717, 1.165) is 16.9 Å². The van der Waals surface area contributed by atoms with Crippen LogP contribution in [-0.4, -0.2) is 24.7 Å². The van der Waals surface area contributed by atoms with Crippen molar-refractivity contribution in [3.8, 4) is 22.6 Å². The second-order valence-corrected chi connectivity index (χ2v) is 6.61. The topological polar surface area (TPSA) is 82.7 Å². The van der Waals surface area contributed by atoms with E-state index < -0.39 is 5.76 Å². The Labute approximate surface area is 172 Å². The first-order valence-electron chi connectivity index (χ1n) is 9.29. The highest BCUT2D eigenvalue weighted by Crippen LogP contribution is 2.33. The number of methoxy groups -OCH3 is 2. The summed E-state index contributed by atoms with van der Waals surface area (Å²) in [6.07, 6.45) is 0. The monoisotopic (exact) mass is 404 g/mol. The fourth-order valence-corrected chi connectivity index (χ4v) is 3.29. The number of nitrogens with one attached hydrogen (secondary N) is 1. The number of hydrogen-bond donors (Lipinski definition) is 1. The van der Waals surface area contributed by atoms with Crippen molar-refractivity contribution in [3.05, 3.63) is 77.3 Å². The second-order valence-electron chi connectivity index (χ2n) is 6.61. The number of oxazole rings is 1. The molecule has 0 unspecified atom stereocenters. The van der Waals surface area contributed by atoms with Crippen molar-refractivity contribution in [2.24, 2.45) is 0 Å². The summed E-state index contributed by atoms with van der Waals surface area (Å²) >= 11 is 0. The maximum absolute atomic E-state index is 12.6. The van der Waals surface area contributed by atoms with Crippen LogP contribution in [0, 0.1) is 0 Å². The van der Waals surface area contributed by atoms with Crippen molar-refractivity contribution in [1.29, 1.82) is 0 Å². The number of aromatic nitrogens is 1. The van der Waals surface area contributed by atoms with Gasteiger partial charge in [0.15, 0.2) is 5.58 Å². The average molecular weight is 404 g/mol. The highest BCUT2D eigenvalue weighted by atomic mass is 16.5. The van der Waals surface area contributed by atoms with E-state index in [0.29, 0.717) is 22.5 Å². The summed E-state index contributed by atoms with van der Waals surface area (Å²) in [6, 6.07) is 19.9. The molecule has 0 aliphatic rings. The third-order valence-electron chi connectivity index (χ3n) is 4.76. The molecule has 0 atom stereocenters. The average Bonchev–Trinajstić information content (AvgIpc) is 3.08. The van der Waals surface area contributed by atoms with Gasteiger partial charge >= 0.3 is 5.76 Å². The van der Waals surface area contributed by atoms with Gasteiger partial charge in [-0.15, -0.1) is 0 Å². The molecule has 0 aliphatic heterocycles. The molecule has 1 amide bonds. The number of nitrogens with zero attached hydrogens (tertiary/aromatic N) is 1. The first kappa shape index (κ1) is 19.3. The Morgan fingerprint density at radius 1 is 1.00 bits per heavy atom. The number of rotatable bonds is 6. The van der Waals surface area contributed by atoms with Crippen LogP contribution in [0.1, 0.15) is 0 Å². The maximum Gasteiger partial charge on any atom is 0.420 e.